The molecule has 0 radical (unpaired) electrons. The predicted octanol–water partition coefficient (Wildman–Crippen LogP) is 5.22. The molecular weight excluding hydrogens is 292 g/mol. The molecule has 0 saturated heterocycles. The Morgan fingerprint density at radius 2 is 1.68 bits per heavy atom. The first kappa shape index (κ1) is 14.8. The zero-order valence-corrected chi connectivity index (χ0v) is 13.2. The van der Waals surface area contributed by atoms with E-state index < -0.39 is 0 Å². The third-order valence-corrected chi connectivity index (χ3v) is 4.12. The van der Waals surface area contributed by atoms with Crippen molar-refractivity contribution in [3.05, 3.63) is 82.4 Å². The summed E-state index contributed by atoms with van der Waals surface area (Å²) in [4.78, 5) is 11.6. The second-order valence-electron chi connectivity index (χ2n) is 5.61. The largest absolute Gasteiger partial charge is 0.300 e. The van der Waals surface area contributed by atoms with Gasteiger partial charge in [-0.1, -0.05) is 60.1 Å². The fourth-order valence-corrected chi connectivity index (χ4v) is 2.96. The van der Waals surface area contributed by atoms with Crippen LogP contribution < -0.4 is 0 Å². The summed E-state index contributed by atoms with van der Waals surface area (Å²) in [5.41, 5.74) is 3.54. The lowest BCUT2D eigenvalue weighted by Crippen LogP contribution is -2.03. The van der Waals surface area contributed by atoms with Crippen LogP contribution in [0.3, 0.4) is 0 Å². The first-order valence-electron chi connectivity index (χ1n) is 7.37. The molecule has 0 unspecified atom stereocenters. The maximum atomic E-state index is 11.6. The summed E-state index contributed by atoms with van der Waals surface area (Å²) in [5, 5.41) is 3.17. The van der Waals surface area contributed by atoms with Gasteiger partial charge in [0.2, 0.25) is 0 Å². The maximum absolute atomic E-state index is 11.6. The second-order valence-corrected chi connectivity index (χ2v) is 6.04. The van der Waals surface area contributed by atoms with Crippen molar-refractivity contribution >= 4 is 28.2 Å². The molecule has 0 fully saturated rings. The highest BCUT2D eigenvalue weighted by atomic mass is 35.5. The molecule has 0 aliphatic heterocycles. The maximum Gasteiger partial charge on any atom is 0.134 e. The van der Waals surface area contributed by atoms with Crippen molar-refractivity contribution < 1.29 is 4.79 Å². The highest BCUT2D eigenvalue weighted by molar-refractivity contribution is 6.30. The SMILES string of the molecule is CC(=O)Cc1ccc2ccccc2c1Cc1ccc(Cl)cc1. The number of hydrogen-bond donors (Lipinski definition) is 0. The van der Waals surface area contributed by atoms with Crippen LogP contribution in [-0.4, -0.2) is 5.78 Å². The Kier molecular flexibility index (Phi) is 4.26. The highest BCUT2D eigenvalue weighted by Gasteiger charge is 2.10. The van der Waals surface area contributed by atoms with Crippen molar-refractivity contribution in [2.24, 2.45) is 0 Å². The van der Waals surface area contributed by atoms with Crippen molar-refractivity contribution in [1.82, 2.24) is 0 Å². The van der Waals surface area contributed by atoms with E-state index in [1.807, 2.05) is 36.4 Å². The second kappa shape index (κ2) is 6.33. The molecule has 3 rings (SSSR count). The van der Waals surface area contributed by atoms with E-state index in [1.54, 1.807) is 6.92 Å². The number of fused-ring (bicyclic) bond motifs is 1. The molecule has 3 aromatic carbocycles. The Morgan fingerprint density at radius 3 is 2.41 bits per heavy atom. The highest BCUT2D eigenvalue weighted by Crippen LogP contribution is 2.26. The number of carbonyl (C=O) groups excluding carboxylic acids is 1. The van der Waals surface area contributed by atoms with Gasteiger partial charge in [0.15, 0.2) is 0 Å². The van der Waals surface area contributed by atoms with E-state index in [-0.39, 0.29) is 5.78 Å². The molecule has 0 spiro atoms. The Bertz CT molecular complexity index is 819. The van der Waals surface area contributed by atoms with E-state index in [9.17, 15) is 4.79 Å². The smallest absolute Gasteiger partial charge is 0.134 e. The molecule has 0 bridgehead atoms. The summed E-state index contributed by atoms with van der Waals surface area (Å²) in [5.74, 6) is 0.188. The van der Waals surface area contributed by atoms with Crippen LogP contribution in [0.2, 0.25) is 5.02 Å². The number of Topliss-reactive ketones (excluding diaryl/α,β-unsaturated/α-hetero) is 1. The molecule has 0 N–H and O–H groups in total. The van der Waals surface area contributed by atoms with Gasteiger partial charge in [0.25, 0.3) is 0 Å². The summed E-state index contributed by atoms with van der Waals surface area (Å²) in [6.07, 6.45) is 1.29. The molecule has 0 amide bonds. The number of hydrogen-bond acceptors (Lipinski definition) is 1. The molecule has 3 aromatic rings. The molecule has 110 valence electrons. The molecule has 2 heteroatoms. The van der Waals surface area contributed by atoms with Crippen molar-refractivity contribution in [3.8, 4) is 0 Å². The molecule has 1 nitrogen and oxygen atoms in total. The van der Waals surface area contributed by atoms with Gasteiger partial charge in [-0.3, -0.25) is 4.79 Å². The van der Waals surface area contributed by atoms with E-state index in [4.69, 9.17) is 11.6 Å². The number of benzene rings is 3. The van der Waals surface area contributed by atoms with Crippen LogP contribution in [0.1, 0.15) is 23.6 Å². The molecule has 22 heavy (non-hydrogen) atoms. The molecule has 0 aliphatic carbocycles. The zero-order valence-electron chi connectivity index (χ0n) is 12.5. The average molecular weight is 309 g/mol. The van der Waals surface area contributed by atoms with E-state index in [0.29, 0.717) is 6.42 Å². The van der Waals surface area contributed by atoms with Gasteiger partial charge < -0.3 is 0 Å². The van der Waals surface area contributed by atoms with E-state index in [2.05, 4.69) is 24.3 Å². The molecule has 0 aromatic heterocycles. The Balaban J connectivity index is 2.10. The zero-order chi connectivity index (χ0) is 15.5. The van der Waals surface area contributed by atoms with Gasteiger partial charge in [0.1, 0.15) is 5.78 Å². The van der Waals surface area contributed by atoms with E-state index in [0.717, 1.165) is 17.0 Å². The van der Waals surface area contributed by atoms with Crippen LogP contribution in [0.5, 0.6) is 0 Å². The fourth-order valence-electron chi connectivity index (χ4n) is 2.83. The van der Waals surface area contributed by atoms with Crippen molar-refractivity contribution in [2.45, 2.75) is 19.8 Å². The van der Waals surface area contributed by atoms with Crippen molar-refractivity contribution in [3.63, 3.8) is 0 Å². The fraction of sp³-hybridized carbons (Fsp3) is 0.150. The molecular formula is C20H17ClO. The van der Waals surface area contributed by atoms with Gasteiger partial charge in [0.05, 0.1) is 0 Å². The Labute approximate surface area is 135 Å². The quantitative estimate of drug-likeness (QED) is 0.646. The van der Waals surface area contributed by atoms with Crippen LogP contribution in [-0.2, 0) is 17.6 Å². The third kappa shape index (κ3) is 3.20. The standard InChI is InChI=1S/C20H17ClO/c1-14(22)12-17-9-8-16-4-2-3-5-19(16)20(17)13-15-6-10-18(21)11-7-15/h2-11H,12-13H2,1H3. The lowest BCUT2D eigenvalue weighted by atomic mass is 9.91. The van der Waals surface area contributed by atoms with E-state index >= 15 is 0 Å². The van der Waals surface area contributed by atoms with Gasteiger partial charge >= 0.3 is 0 Å². The minimum absolute atomic E-state index is 0.188. The van der Waals surface area contributed by atoms with Crippen LogP contribution in [0.4, 0.5) is 0 Å². The van der Waals surface area contributed by atoms with Gasteiger partial charge in [-0.25, -0.2) is 0 Å². The minimum Gasteiger partial charge on any atom is -0.300 e. The average Bonchev–Trinajstić information content (AvgIpc) is 2.51. The topological polar surface area (TPSA) is 17.1 Å². The first-order valence-corrected chi connectivity index (χ1v) is 7.74. The summed E-state index contributed by atoms with van der Waals surface area (Å²) < 4.78 is 0. The lowest BCUT2D eigenvalue weighted by Gasteiger charge is -2.13. The van der Waals surface area contributed by atoms with E-state index in [1.165, 1.54) is 21.9 Å². The van der Waals surface area contributed by atoms with Crippen molar-refractivity contribution in [2.75, 3.05) is 0 Å². The molecule has 0 saturated carbocycles. The van der Waals surface area contributed by atoms with Crippen LogP contribution in [0.15, 0.2) is 60.7 Å². The number of ketones is 1. The van der Waals surface area contributed by atoms with Gasteiger partial charge in [-0.15, -0.1) is 0 Å². The third-order valence-electron chi connectivity index (χ3n) is 3.87. The summed E-state index contributed by atoms with van der Waals surface area (Å²) in [6, 6.07) is 20.4. The summed E-state index contributed by atoms with van der Waals surface area (Å²) in [7, 11) is 0. The monoisotopic (exact) mass is 308 g/mol. The Hall–Kier alpha value is -2.12. The normalized spacial score (nSPS) is 10.8. The summed E-state index contributed by atoms with van der Waals surface area (Å²) in [6.45, 7) is 1.64. The number of carbonyl (C=O) groups is 1. The molecule has 0 atom stereocenters. The number of halogens is 1. The van der Waals surface area contributed by atoms with Gasteiger partial charge in [-0.05, 0) is 52.9 Å². The minimum atomic E-state index is 0.188. The van der Waals surface area contributed by atoms with Gasteiger partial charge in [0, 0.05) is 11.4 Å². The Morgan fingerprint density at radius 1 is 0.955 bits per heavy atom. The summed E-state index contributed by atoms with van der Waals surface area (Å²) >= 11 is 5.97. The van der Waals surface area contributed by atoms with Crippen LogP contribution >= 0.6 is 11.6 Å². The predicted molar refractivity (Wildman–Crippen MR) is 92.6 cm³/mol. The first-order chi connectivity index (χ1) is 10.6. The molecule has 0 aliphatic rings. The van der Waals surface area contributed by atoms with Crippen LogP contribution in [0, 0.1) is 0 Å². The van der Waals surface area contributed by atoms with Crippen molar-refractivity contribution in [1.29, 1.82) is 0 Å². The lowest BCUT2D eigenvalue weighted by molar-refractivity contribution is -0.116. The van der Waals surface area contributed by atoms with Gasteiger partial charge in [-0.2, -0.15) is 0 Å². The number of rotatable bonds is 4. The molecule has 0 heterocycles. The van der Waals surface area contributed by atoms with Crippen LogP contribution in [0.25, 0.3) is 10.8 Å².